The van der Waals surface area contributed by atoms with Crippen LogP contribution in [-0.2, 0) is 4.79 Å². The summed E-state index contributed by atoms with van der Waals surface area (Å²) in [6, 6.07) is 17.1. The van der Waals surface area contributed by atoms with E-state index in [1.165, 1.54) is 37.1 Å². The van der Waals surface area contributed by atoms with Crippen LogP contribution in [-0.4, -0.2) is 33.8 Å². The summed E-state index contributed by atoms with van der Waals surface area (Å²) in [7, 11) is 1.43. The number of benzene rings is 2. The maximum absolute atomic E-state index is 12.7. The van der Waals surface area contributed by atoms with Crippen molar-refractivity contribution in [3.63, 3.8) is 0 Å². The van der Waals surface area contributed by atoms with Crippen molar-refractivity contribution in [2.24, 2.45) is 4.99 Å². The highest BCUT2D eigenvalue weighted by atomic mass is 32.2. The monoisotopic (exact) mass is 472 g/mol. The fourth-order valence-corrected chi connectivity index (χ4v) is 4.52. The number of hydrogen-bond donors (Lipinski definition) is 1. The molecule has 0 atom stereocenters. The summed E-state index contributed by atoms with van der Waals surface area (Å²) >= 11 is 1.28. The molecule has 3 aromatic rings. The first-order valence-electron chi connectivity index (χ1n) is 10.0. The van der Waals surface area contributed by atoms with Crippen molar-refractivity contribution in [3.05, 3.63) is 93.1 Å². The minimum absolute atomic E-state index is 0.0246. The zero-order valence-electron chi connectivity index (χ0n) is 17.7. The van der Waals surface area contributed by atoms with Crippen LogP contribution < -0.4 is 4.74 Å². The Balaban J connectivity index is 1.49. The molecule has 168 valence electrons. The molecule has 2 aliphatic heterocycles. The van der Waals surface area contributed by atoms with Gasteiger partial charge in [-0.3, -0.25) is 25.2 Å². The number of nitrogens with one attached hydrogen (secondary N) is 1. The van der Waals surface area contributed by atoms with Gasteiger partial charge in [0.05, 0.1) is 34.9 Å². The predicted molar refractivity (Wildman–Crippen MR) is 129 cm³/mol. The number of amides is 1. The van der Waals surface area contributed by atoms with Gasteiger partial charge in [0.25, 0.3) is 11.6 Å². The Morgan fingerprint density at radius 3 is 2.71 bits per heavy atom. The molecule has 2 aromatic carbocycles. The zero-order chi connectivity index (χ0) is 23.8. The van der Waals surface area contributed by atoms with Gasteiger partial charge in [0.15, 0.2) is 5.17 Å². The van der Waals surface area contributed by atoms with Crippen LogP contribution in [0.2, 0.25) is 0 Å². The molecule has 1 aromatic heterocycles. The Bertz CT molecular complexity index is 1440. The van der Waals surface area contributed by atoms with Crippen LogP contribution >= 0.6 is 11.8 Å². The third-order valence-corrected chi connectivity index (χ3v) is 6.09. The van der Waals surface area contributed by atoms with E-state index in [0.29, 0.717) is 10.9 Å². The summed E-state index contributed by atoms with van der Waals surface area (Å²) < 4.78 is 10.9. The van der Waals surface area contributed by atoms with Gasteiger partial charge in [0.1, 0.15) is 23.1 Å². The smallest absolute Gasteiger partial charge is 0.284 e. The van der Waals surface area contributed by atoms with Crippen molar-refractivity contribution in [1.29, 1.82) is 5.41 Å². The van der Waals surface area contributed by atoms with Crippen molar-refractivity contribution >= 4 is 46.1 Å². The first-order valence-corrected chi connectivity index (χ1v) is 10.9. The van der Waals surface area contributed by atoms with E-state index in [2.05, 4.69) is 4.99 Å². The predicted octanol–water partition coefficient (Wildman–Crippen LogP) is 5.17. The van der Waals surface area contributed by atoms with Gasteiger partial charge in [-0.1, -0.05) is 42.1 Å². The van der Waals surface area contributed by atoms with Gasteiger partial charge >= 0.3 is 0 Å². The van der Waals surface area contributed by atoms with Crippen LogP contribution in [0.3, 0.4) is 0 Å². The van der Waals surface area contributed by atoms with E-state index in [9.17, 15) is 14.9 Å². The first kappa shape index (κ1) is 21.4. The number of nitrogens with zero attached hydrogens (tertiary/aromatic N) is 3. The topological polar surface area (TPSA) is 122 Å². The first-order chi connectivity index (χ1) is 16.5. The Morgan fingerprint density at radius 1 is 1.18 bits per heavy atom. The fourth-order valence-electron chi connectivity index (χ4n) is 3.63. The number of nitro groups is 1. The molecule has 9 nitrogen and oxygen atoms in total. The fraction of sp³-hybridized carbons (Fsp3) is 0.0417. The van der Waals surface area contributed by atoms with Crippen LogP contribution in [0, 0.1) is 15.5 Å². The van der Waals surface area contributed by atoms with Crippen molar-refractivity contribution in [3.8, 4) is 17.1 Å². The second-order valence-electron chi connectivity index (χ2n) is 7.27. The van der Waals surface area contributed by atoms with Crippen LogP contribution in [0.25, 0.3) is 23.1 Å². The van der Waals surface area contributed by atoms with E-state index in [0.717, 1.165) is 11.3 Å². The van der Waals surface area contributed by atoms with Gasteiger partial charge in [-0.15, -0.1) is 0 Å². The Hall–Kier alpha value is -4.44. The van der Waals surface area contributed by atoms with Crippen LogP contribution in [0.15, 0.2) is 81.1 Å². The second-order valence-corrected chi connectivity index (χ2v) is 8.11. The summed E-state index contributed by atoms with van der Waals surface area (Å²) in [5.41, 5.74) is 1.80. The molecule has 3 heterocycles. The summed E-state index contributed by atoms with van der Waals surface area (Å²) in [5, 5.41) is 22.5. The van der Waals surface area contributed by atoms with E-state index in [-0.39, 0.29) is 34.2 Å². The van der Waals surface area contributed by atoms with E-state index in [1.54, 1.807) is 23.1 Å². The number of ether oxygens (including phenoxy) is 1. The molecule has 0 unspecified atom stereocenters. The highest BCUT2D eigenvalue weighted by Crippen LogP contribution is 2.38. The summed E-state index contributed by atoms with van der Waals surface area (Å²) in [4.78, 5) is 29.4. The standard InChI is InChI=1S/C24H16N4O5S/c1-32-15-7-9-17(19(12-15)28(30)31)21-10-8-16(33-21)11-18-22(25)27-20(14-5-3-2-4-6-14)13-34-24(27)26-23(18)29/h2-13,25H,1H3/b18-11-,25-22?. The molecule has 0 fully saturated rings. The number of nitro benzene ring substituents is 1. The van der Waals surface area contributed by atoms with Crippen molar-refractivity contribution in [1.82, 2.24) is 4.90 Å². The van der Waals surface area contributed by atoms with Gasteiger partial charge in [-0.2, -0.15) is 4.99 Å². The normalized spacial score (nSPS) is 16.4. The van der Waals surface area contributed by atoms with Crippen molar-refractivity contribution in [2.75, 3.05) is 7.11 Å². The van der Waals surface area contributed by atoms with Crippen LogP contribution in [0.5, 0.6) is 5.75 Å². The van der Waals surface area contributed by atoms with E-state index in [1.807, 2.05) is 35.7 Å². The third kappa shape index (κ3) is 3.69. The number of aliphatic imine (C=N–C) groups is 1. The molecule has 0 saturated heterocycles. The third-order valence-electron chi connectivity index (χ3n) is 5.26. The average molecular weight is 472 g/mol. The number of rotatable bonds is 5. The lowest BCUT2D eigenvalue weighted by atomic mass is 10.1. The maximum atomic E-state index is 12.7. The lowest BCUT2D eigenvalue weighted by Gasteiger charge is -2.26. The Morgan fingerprint density at radius 2 is 1.97 bits per heavy atom. The van der Waals surface area contributed by atoms with Gasteiger partial charge in [0, 0.05) is 5.41 Å². The number of thioether (sulfide) groups is 1. The number of methoxy groups -OCH3 is 1. The quantitative estimate of drug-likeness (QED) is 0.309. The van der Waals surface area contributed by atoms with E-state index >= 15 is 0 Å². The lowest BCUT2D eigenvalue weighted by Crippen LogP contribution is -2.37. The van der Waals surface area contributed by atoms with Gasteiger partial charge in [-0.25, -0.2) is 0 Å². The van der Waals surface area contributed by atoms with Crippen molar-refractivity contribution < 1.29 is 18.9 Å². The maximum Gasteiger partial charge on any atom is 0.284 e. The summed E-state index contributed by atoms with van der Waals surface area (Å²) in [6.45, 7) is 0. The van der Waals surface area contributed by atoms with Gasteiger partial charge < -0.3 is 9.15 Å². The van der Waals surface area contributed by atoms with E-state index in [4.69, 9.17) is 14.6 Å². The summed E-state index contributed by atoms with van der Waals surface area (Å²) in [5.74, 6) is 0.291. The van der Waals surface area contributed by atoms with E-state index < -0.39 is 10.8 Å². The molecule has 2 aliphatic rings. The highest BCUT2D eigenvalue weighted by molar-refractivity contribution is 8.17. The molecular weight excluding hydrogens is 456 g/mol. The van der Waals surface area contributed by atoms with Crippen LogP contribution in [0.1, 0.15) is 11.3 Å². The Labute approximate surface area is 197 Å². The molecule has 0 aliphatic carbocycles. The van der Waals surface area contributed by atoms with Crippen LogP contribution in [0.4, 0.5) is 5.69 Å². The molecule has 0 spiro atoms. The molecular formula is C24H16N4O5S. The van der Waals surface area contributed by atoms with Gasteiger partial charge in [0.2, 0.25) is 0 Å². The number of fused-ring (bicyclic) bond motifs is 1. The SMILES string of the molecule is COc1ccc(-c2ccc(/C=C3/C(=N)N4C(c5ccccc5)=CSC4=NC3=O)o2)c([N+](=O)[O-])c1. The molecule has 5 rings (SSSR count). The number of hydrogen-bond acceptors (Lipinski definition) is 7. The number of amidine groups is 2. The number of carbonyl (C=O) groups excluding carboxylic acids is 1. The second kappa shape index (κ2) is 8.49. The minimum Gasteiger partial charge on any atom is -0.497 e. The highest BCUT2D eigenvalue weighted by Gasteiger charge is 2.36. The zero-order valence-corrected chi connectivity index (χ0v) is 18.5. The van der Waals surface area contributed by atoms with Gasteiger partial charge in [-0.05, 0) is 35.9 Å². The molecule has 0 bridgehead atoms. The molecule has 1 amide bonds. The number of carbonyl (C=O) groups is 1. The molecule has 34 heavy (non-hydrogen) atoms. The minimum atomic E-state index is -0.556. The Kier molecular flexibility index (Phi) is 5.34. The number of furan rings is 1. The molecule has 0 radical (unpaired) electrons. The molecule has 1 N–H and O–H groups in total. The molecule has 10 heteroatoms. The van der Waals surface area contributed by atoms with Crippen molar-refractivity contribution in [2.45, 2.75) is 0 Å². The average Bonchev–Trinajstić information content (AvgIpc) is 3.49. The molecule has 0 saturated carbocycles. The summed E-state index contributed by atoms with van der Waals surface area (Å²) in [6.07, 6.45) is 1.43. The lowest BCUT2D eigenvalue weighted by molar-refractivity contribution is -0.384. The largest absolute Gasteiger partial charge is 0.497 e.